The van der Waals surface area contributed by atoms with Crippen LogP contribution in [0.2, 0.25) is 0 Å². The summed E-state index contributed by atoms with van der Waals surface area (Å²) in [4.78, 5) is 120. The number of fused-ring (bicyclic) bond motifs is 3. The van der Waals surface area contributed by atoms with Crippen LogP contribution < -0.4 is 44.9 Å². The Labute approximate surface area is 680 Å². The van der Waals surface area contributed by atoms with Gasteiger partial charge >= 0.3 is 18.1 Å². The van der Waals surface area contributed by atoms with Crippen LogP contribution in [0, 0.1) is 39.8 Å². The number of rotatable bonds is 24. The van der Waals surface area contributed by atoms with Gasteiger partial charge in [0, 0.05) is 136 Å². The predicted octanol–water partition coefficient (Wildman–Crippen LogP) is 8.42. The van der Waals surface area contributed by atoms with Gasteiger partial charge in [-0.2, -0.15) is 44.3 Å². The molecule has 6 aromatic rings. The number of hydrogen-bond donors (Lipinski definition) is 3. The predicted molar refractivity (Wildman–Crippen MR) is 435 cm³/mol. The van der Waals surface area contributed by atoms with Gasteiger partial charge in [0.25, 0.3) is 0 Å². The van der Waals surface area contributed by atoms with Gasteiger partial charge in [0.05, 0.1) is 65.1 Å². The number of thioether (sulfide) groups is 2. The second kappa shape index (κ2) is 43.2. The number of ether oxygens (including phenoxy) is 7. The van der Waals surface area contributed by atoms with E-state index in [9.17, 15) is 43.7 Å². The van der Waals surface area contributed by atoms with Crippen LogP contribution in [0.3, 0.4) is 0 Å². The number of anilines is 6. The van der Waals surface area contributed by atoms with Crippen molar-refractivity contribution in [3.8, 4) is 35.6 Å². The molecule has 6 aliphatic rings. The van der Waals surface area contributed by atoms with Gasteiger partial charge in [0.1, 0.15) is 98.5 Å². The first-order valence-corrected chi connectivity index (χ1v) is 39.4. The SMILES string of the molecule is C.C.COC(OC)c1nc2c(cc1CN1CCN(C)CC1=O)CCCN2C(=O)Nc1cc(F)c(C#N)cn1.COC(OC)c1nc2c(cc1CN1CCN(C)CC1=O)CCCN2C(=O)Nc1cc(OCCSC)c(C#N)cn1.COc1nc2c(cc1CN1CCN(C)CC1=O)CCCN2C(=O)Nc1cc(OCCSC)c(C#N)cn1.[2H-]. The highest BCUT2D eigenvalue weighted by molar-refractivity contribution is 7.98. The van der Waals surface area contributed by atoms with E-state index in [2.05, 4.69) is 48.0 Å². The fourth-order valence-corrected chi connectivity index (χ4v) is 13.9. The van der Waals surface area contributed by atoms with Gasteiger partial charge in [-0.15, -0.1) is 0 Å². The Morgan fingerprint density at radius 1 is 0.496 bits per heavy atom. The normalized spacial score (nSPS) is 15.5. The van der Waals surface area contributed by atoms with Gasteiger partial charge in [0.2, 0.25) is 36.2 Å². The van der Waals surface area contributed by atoms with Gasteiger partial charge in [-0.1, -0.05) is 14.9 Å². The maximum atomic E-state index is 14.0. The van der Waals surface area contributed by atoms with E-state index in [1.807, 2.05) is 76.4 Å². The van der Waals surface area contributed by atoms with Gasteiger partial charge in [0.15, 0.2) is 0 Å². The van der Waals surface area contributed by atoms with E-state index in [0.717, 1.165) is 102 Å². The molecule has 37 heteroatoms. The van der Waals surface area contributed by atoms with Crippen LogP contribution in [-0.2, 0) is 72.2 Å². The highest BCUT2D eigenvalue weighted by atomic mass is 32.2. The molecule has 0 saturated carbocycles. The summed E-state index contributed by atoms with van der Waals surface area (Å²) in [6.07, 6.45) is 10.6. The molecule has 0 unspecified atom stereocenters. The third kappa shape index (κ3) is 22.9. The van der Waals surface area contributed by atoms with E-state index >= 15 is 0 Å². The number of pyridine rings is 6. The van der Waals surface area contributed by atoms with Crippen LogP contribution >= 0.6 is 23.5 Å². The molecule has 9 amide bonds. The number of nitrogens with one attached hydrogen (secondary N) is 3. The molecule has 0 aliphatic carbocycles. The first-order chi connectivity index (χ1) is 54.6. The molecule has 12 heterocycles. The number of urea groups is 3. The molecule has 618 valence electrons. The van der Waals surface area contributed by atoms with Crippen molar-refractivity contribution in [2.75, 3.05) is 203 Å². The number of nitrogens with zero attached hydrogens (tertiary/aromatic N) is 18. The van der Waals surface area contributed by atoms with Crippen molar-refractivity contribution in [1.82, 2.24) is 59.3 Å². The molecule has 6 aliphatic heterocycles. The van der Waals surface area contributed by atoms with Gasteiger partial charge in [-0.25, -0.2) is 43.7 Å². The Balaban J connectivity index is 0.000000238. The summed E-state index contributed by atoms with van der Waals surface area (Å²) in [5.74, 6) is 4.09. The first kappa shape index (κ1) is 89.9. The van der Waals surface area contributed by atoms with Crippen molar-refractivity contribution in [3.05, 3.63) is 122 Å². The molecule has 0 spiro atoms. The fourth-order valence-electron chi connectivity index (χ4n) is 13.4. The number of nitriles is 3. The largest absolute Gasteiger partial charge is 1.00 e. The number of aromatic nitrogens is 6. The molecule has 3 N–H and O–H groups in total. The zero-order valence-corrected chi connectivity index (χ0v) is 66.7. The molecule has 0 radical (unpaired) electrons. The monoisotopic (exact) mass is 1630 g/mol. The lowest BCUT2D eigenvalue weighted by Gasteiger charge is -2.34. The van der Waals surface area contributed by atoms with Crippen LogP contribution in [0.25, 0.3) is 0 Å². The maximum Gasteiger partial charge on any atom is 0.328 e. The molecule has 34 nitrogen and oxygen atoms in total. The van der Waals surface area contributed by atoms with E-state index in [0.29, 0.717) is 162 Å². The zero-order chi connectivity index (χ0) is 80.8. The lowest BCUT2D eigenvalue weighted by molar-refractivity contribution is -0.137. The molecule has 12 rings (SSSR count). The summed E-state index contributed by atoms with van der Waals surface area (Å²) >= 11 is 3.27. The van der Waals surface area contributed by atoms with E-state index in [-0.39, 0.29) is 63.0 Å². The molecular weight excluding hydrogens is 1520 g/mol. The number of methoxy groups -OCH3 is 5. The number of carbonyl (C=O) groups excluding carboxylic acids is 6. The number of hydrogen-bond acceptors (Lipinski definition) is 27. The summed E-state index contributed by atoms with van der Waals surface area (Å²) in [6.45, 7) is 8.70. The third-order valence-corrected chi connectivity index (χ3v) is 20.5. The Kier molecular flexibility index (Phi) is 33.7. The van der Waals surface area contributed by atoms with Crippen molar-refractivity contribution in [2.45, 2.75) is 85.6 Å². The Bertz CT molecular complexity index is 4570. The summed E-state index contributed by atoms with van der Waals surface area (Å²) in [5, 5.41) is 35.8. The molecule has 0 atom stereocenters. The van der Waals surface area contributed by atoms with Crippen molar-refractivity contribution >= 4 is 94.2 Å². The lowest BCUT2D eigenvalue weighted by Crippen LogP contribution is -2.48. The first-order valence-electron chi connectivity index (χ1n) is 36.6. The van der Waals surface area contributed by atoms with E-state index in [4.69, 9.17) is 48.4 Å². The average molecular weight is 1630 g/mol. The molecule has 0 bridgehead atoms. The third-order valence-electron chi connectivity index (χ3n) is 19.3. The van der Waals surface area contributed by atoms with E-state index in [1.54, 1.807) is 56.4 Å². The quantitative estimate of drug-likeness (QED) is 0.0378. The Morgan fingerprint density at radius 3 is 1.17 bits per heavy atom. The molecule has 6 aromatic heterocycles. The number of halogens is 1. The standard InChI is InChI=1S/C27H35N7O5S.C25H31N7O4S.C24H28FN7O4.2CH4.H/c1-32-8-9-33(23(35)17-32)16-19-12-18-6-5-7-34(25(18)31-24(19)26(37-2)38-3)27(36)30-22-13-21(39-10-11-40-4)20(14-28)15-29-22;1-30-7-8-31(22(33)16-30)15-18-11-17-5-4-6-32(23(17)29-24(18)35-2)25(34)28-21-12-20(36-9-10-37-3)19(13-26)14-27-21;1-30-7-8-31(20(33)14-30)13-16-9-15-5-4-6-32(22(15)29-21(16)23(35-2)36-3)24(34)28-19-10-18(25)17(11-26)12-27-19;;;/h12-13,15,26H,5-11,16-17H2,1-4H3,(H,29,30,36);11-12,14H,4-10,15-16H2,1-3H3,(H,27,28,34);9-10,12,23H,4-8,13-14H2,1-3H3,(H,27,28,34);2*1H4;/q;;;;;-1/i;;;;;1+1. The summed E-state index contributed by atoms with van der Waals surface area (Å²) in [7, 11) is 13.4. The van der Waals surface area contributed by atoms with Crippen LogP contribution in [0.4, 0.5) is 53.7 Å². The topological polar surface area (TPSA) is 381 Å². The van der Waals surface area contributed by atoms with Crippen molar-refractivity contribution < 1.29 is 67.7 Å². The summed E-state index contributed by atoms with van der Waals surface area (Å²) in [5.41, 5.74) is 6.51. The Morgan fingerprint density at radius 2 is 0.835 bits per heavy atom. The molecular formula is C78H103FN21O13S2-. The highest BCUT2D eigenvalue weighted by Crippen LogP contribution is 2.37. The average Bonchev–Trinajstić information content (AvgIpc) is 0.786. The second-order valence-electron chi connectivity index (χ2n) is 27.2. The molecule has 115 heavy (non-hydrogen) atoms. The smallest absolute Gasteiger partial charge is 0.328 e. The highest BCUT2D eigenvalue weighted by Gasteiger charge is 2.35. The minimum Gasteiger partial charge on any atom is -1.00 e. The summed E-state index contributed by atoms with van der Waals surface area (Å²) < 4.78 is 53.1. The molecule has 0 aromatic carbocycles. The lowest BCUT2D eigenvalue weighted by atomic mass is 10.0. The maximum absolute atomic E-state index is 14.0. The van der Waals surface area contributed by atoms with E-state index in [1.165, 1.54) is 52.8 Å². The number of piperazine rings is 3. The number of amides is 9. The number of aryl methyl sites for hydroxylation is 3. The fraction of sp³-hybridized carbons (Fsp3) is 0.500. The van der Waals surface area contributed by atoms with Crippen LogP contribution in [0.1, 0.15) is 110 Å². The van der Waals surface area contributed by atoms with Crippen molar-refractivity contribution in [1.29, 1.82) is 15.8 Å². The van der Waals surface area contributed by atoms with E-state index < -0.39 is 30.5 Å². The van der Waals surface area contributed by atoms with Gasteiger partial charge in [-0.05, 0) is 118 Å². The van der Waals surface area contributed by atoms with Crippen LogP contribution in [-0.4, -0.2) is 268 Å². The van der Waals surface area contributed by atoms with Gasteiger partial charge < -0.3 is 49.3 Å². The van der Waals surface area contributed by atoms with Crippen LogP contribution in [0.5, 0.6) is 17.4 Å². The van der Waals surface area contributed by atoms with Crippen LogP contribution in [0.15, 0.2) is 55.0 Å². The Hall–Kier alpha value is -10.7. The number of carbonyl (C=O) groups is 6. The minimum atomic E-state index is -0.797. The van der Waals surface area contributed by atoms with Gasteiger partial charge in [-0.3, -0.25) is 59.7 Å². The zero-order valence-electron chi connectivity index (χ0n) is 66.1. The minimum absolute atomic E-state index is 0. The number of likely N-dealkylation sites (N-methyl/N-ethyl adjacent to an activating group) is 3. The summed E-state index contributed by atoms with van der Waals surface area (Å²) in [6, 6.07) is 14.6. The van der Waals surface area contributed by atoms with Crippen molar-refractivity contribution in [2.24, 2.45) is 0 Å². The second-order valence-corrected chi connectivity index (χ2v) is 29.2. The molecule has 3 saturated heterocycles. The van der Waals surface area contributed by atoms with Crippen molar-refractivity contribution in [3.63, 3.8) is 0 Å². The molecule has 3 fully saturated rings.